The Labute approximate surface area is 169 Å². The molecule has 0 amide bonds. The highest BCUT2D eigenvalue weighted by Crippen LogP contribution is 2.46. The van der Waals surface area contributed by atoms with Crippen LogP contribution in [0.1, 0.15) is 38.4 Å². The molecule has 0 radical (unpaired) electrons. The summed E-state index contributed by atoms with van der Waals surface area (Å²) in [5.74, 6) is -3.08. The van der Waals surface area contributed by atoms with E-state index >= 15 is 0 Å². The average molecular weight is 404 g/mol. The number of rotatable bonds is 5. The highest BCUT2D eigenvalue weighted by Gasteiger charge is 2.51. The van der Waals surface area contributed by atoms with Crippen LogP contribution in [0.25, 0.3) is 10.9 Å². The van der Waals surface area contributed by atoms with E-state index in [4.69, 9.17) is 9.47 Å². The van der Waals surface area contributed by atoms with Gasteiger partial charge in [0.05, 0.1) is 18.7 Å². The highest BCUT2D eigenvalue weighted by atomic mass is 19.3. The van der Waals surface area contributed by atoms with E-state index in [0.717, 1.165) is 23.4 Å². The number of nitrogens with zero attached hydrogens (tertiary/aromatic N) is 2. The largest absolute Gasteiger partial charge is 0.497 e. The van der Waals surface area contributed by atoms with Crippen molar-refractivity contribution in [2.45, 2.75) is 44.8 Å². The van der Waals surface area contributed by atoms with Crippen molar-refractivity contribution in [1.82, 2.24) is 9.88 Å². The van der Waals surface area contributed by atoms with Crippen LogP contribution in [-0.2, 0) is 9.53 Å². The minimum absolute atomic E-state index is 0.0153. The van der Waals surface area contributed by atoms with Crippen molar-refractivity contribution in [3.8, 4) is 5.75 Å². The van der Waals surface area contributed by atoms with E-state index in [1.165, 1.54) is 6.92 Å². The van der Waals surface area contributed by atoms with Crippen LogP contribution < -0.4 is 4.74 Å². The predicted molar refractivity (Wildman–Crippen MR) is 105 cm³/mol. The van der Waals surface area contributed by atoms with Gasteiger partial charge in [0.1, 0.15) is 11.9 Å². The maximum atomic E-state index is 14.1. The number of hydrogen-bond donors (Lipinski definition) is 0. The molecule has 1 aromatic heterocycles. The molecule has 2 aromatic rings. The second kappa shape index (κ2) is 7.52. The number of ether oxygens (including phenoxy) is 2. The molecule has 2 saturated heterocycles. The molecule has 2 aliphatic rings. The lowest BCUT2D eigenvalue weighted by atomic mass is 9.84. The third-order valence-electron chi connectivity index (χ3n) is 6.35. The fraction of sp³-hybridized carbons (Fsp3) is 0.545. The number of benzene rings is 1. The van der Waals surface area contributed by atoms with Crippen molar-refractivity contribution in [2.75, 3.05) is 20.2 Å². The zero-order valence-corrected chi connectivity index (χ0v) is 16.9. The van der Waals surface area contributed by atoms with Gasteiger partial charge < -0.3 is 9.47 Å². The van der Waals surface area contributed by atoms with Crippen molar-refractivity contribution in [1.29, 1.82) is 0 Å². The van der Waals surface area contributed by atoms with Gasteiger partial charge in [0.2, 0.25) is 5.92 Å². The molecular weight excluding hydrogens is 378 g/mol. The van der Waals surface area contributed by atoms with Crippen LogP contribution in [0, 0.1) is 11.8 Å². The molecule has 5 nitrogen and oxygen atoms in total. The number of pyridine rings is 1. The van der Waals surface area contributed by atoms with E-state index in [1.807, 2.05) is 24.3 Å². The average Bonchev–Trinajstić information content (AvgIpc) is 3.02. The van der Waals surface area contributed by atoms with Crippen molar-refractivity contribution in [3.05, 3.63) is 36.0 Å². The summed E-state index contributed by atoms with van der Waals surface area (Å²) in [5.41, 5.74) is 1.60. The molecule has 0 spiro atoms. The standard InChI is InChI=1S/C22H26F2N2O3/c1-13(27)29-21(16-8-9-25-19-6-5-15(28-3)10-17(16)19)20-7-4-14-11-26(20)12-18(14)22(2,23)24/h5-6,8-10,14,18,20-21H,4,7,11-12H2,1-3H3/t14?,18-,20+,21+/m0/s1. The number of carbonyl (C=O) groups excluding carboxylic acids is 1. The molecule has 1 aromatic carbocycles. The summed E-state index contributed by atoms with van der Waals surface area (Å²) in [7, 11) is 1.59. The number of fused-ring (bicyclic) bond motifs is 3. The van der Waals surface area contributed by atoms with Crippen molar-refractivity contribution in [2.24, 2.45) is 11.8 Å². The van der Waals surface area contributed by atoms with Gasteiger partial charge >= 0.3 is 5.97 Å². The molecule has 2 aliphatic heterocycles. The number of alkyl halides is 2. The lowest BCUT2D eigenvalue weighted by molar-refractivity contribution is -0.151. The normalized spacial score (nSPS) is 27.6. The Balaban J connectivity index is 1.73. The third kappa shape index (κ3) is 3.80. The van der Waals surface area contributed by atoms with Gasteiger partial charge in [0, 0.05) is 43.1 Å². The number of aromatic nitrogens is 1. The summed E-state index contributed by atoms with van der Waals surface area (Å²) in [6.45, 7) is 3.34. The van der Waals surface area contributed by atoms with E-state index in [9.17, 15) is 13.6 Å². The fourth-order valence-electron chi connectivity index (χ4n) is 5.00. The highest BCUT2D eigenvalue weighted by molar-refractivity contribution is 5.84. The number of hydrogen-bond acceptors (Lipinski definition) is 5. The van der Waals surface area contributed by atoms with Gasteiger partial charge in [0.25, 0.3) is 0 Å². The molecule has 2 bridgehead atoms. The van der Waals surface area contributed by atoms with Gasteiger partial charge in [0.15, 0.2) is 0 Å². The van der Waals surface area contributed by atoms with E-state index in [1.54, 1.807) is 13.3 Å². The van der Waals surface area contributed by atoms with Crippen LogP contribution in [0.15, 0.2) is 30.5 Å². The summed E-state index contributed by atoms with van der Waals surface area (Å²) in [6, 6.07) is 7.29. The van der Waals surface area contributed by atoms with Gasteiger partial charge in [-0.15, -0.1) is 0 Å². The molecule has 3 heterocycles. The van der Waals surface area contributed by atoms with Crippen LogP contribution in [0.5, 0.6) is 5.75 Å². The van der Waals surface area contributed by atoms with Gasteiger partial charge in [-0.25, -0.2) is 8.78 Å². The number of esters is 1. The molecule has 29 heavy (non-hydrogen) atoms. The SMILES string of the molecule is COc1ccc2nccc([C@@H](OC(C)=O)[C@H]3CCC4CN3C[C@@H]4C(C)(F)F)c2c1. The topological polar surface area (TPSA) is 51.7 Å². The Kier molecular flexibility index (Phi) is 5.19. The molecule has 0 aliphatic carbocycles. The summed E-state index contributed by atoms with van der Waals surface area (Å²) in [5, 5.41) is 0.844. The molecule has 7 heteroatoms. The second-order valence-corrected chi connectivity index (χ2v) is 8.23. The Hall–Kier alpha value is -2.28. The Morgan fingerprint density at radius 1 is 1.28 bits per heavy atom. The quantitative estimate of drug-likeness (QED) is 0.699. The molecule has 0 saturated carbocycles. The molecular formula is C22H26F2N2O3. The van der Waals surface area contributed by atoms with Crippen molar-refractivity contribution >= 4 is 16.9 Å². The molecule has 0 N–H and O–H groups in total. The first kappa shape index (κ1) is 20.0. The number of methoxy groups -OCH3 is 1. The summed E-state index contributed by atoms with van der Waals surface area (Å²) in [4.78, 5) is 18.4. The van der Waals surface area contributed by atoms with Crippen molar-refractivity contribution in [3.63, 3.8) is 0 Å². The van der Waals surface area contributed by atoms with Gasteiger partial charge in [-0.05, 0) is 49.9 Å². The van der Waals surface area contributed by atoms with E-state index in [2.05, 4.69) is 9.88 Å². The van der Waals surface area contributed by atoms with Crippen LogP contribution in [0.2, 0.25) is 0 Å². The first-order valence-electron chi connectivity index (χ1n) is 9.99. The maximum absolute atomic E-state index is 14.1. The minimum atomic E-state index is -2.71. The lowest BCUT2D eigenvalue weighted by Gasteiger charge is -2.37. The molecule has 2 unspecified atom stereocenters. The summed E-state index contributed by atoms with van der Waals surface area (Å²) < 4.78 is 39.3. The number of carbonyl (C=O) groups is 1. The van der Waals surface area contributed by atoms with Crippen LogP contribution in [0.3, 0.4) is 0 Å². The number of halogens is 2. The fourth-order valence-corrected chi connectivity index (χ4v) is 5.00. The van der Waals surface area contributed by atoms with Crippen molar-refractivity contribution < 1.29 is 23.0 Å². The van der Waals surface area contributed by atoms with Crippen LogP contribution in [-0.4, -0.2) is 48.0 Å². The van der Waals surface area contributed by atoms with Gasteiger partial charge in [-0.2, -0.15) is 0 Å². The number of piperidine rings is 1. The first-order valence-corrected chi connectivity index (χ1v) is 9.99. The predicted octanol–water partition coefficient (Wildman–Crippen LogP) is 4.21. The van der Waals surface area contributed by atoms with Gasteiger partial charge in [-0.1, -0.05) is 0 Å². The molecule has 156 valence electrons. The maximum Gasteiger partial charge on any atom is 0.303 e. The Bertz CT molecular complexity index is 915. The smallest absolute Gasteiger partial charge is 0.303 e. The zero-order chi connectivity index (χ0) is 20.8. The van der Waals surface area contributed by atoms with E-state index in [-0.39, 0.29) is 17.9 Å². The summed E-state index contributed by atoms with van der Waals surface area (Å²) >= 11 is 0. The first-order chi connectivity index (χ1) is 13.8. The van der Waals surface area contributed by atoms with Crippen LogP contribution >= 0.6 is 0 Å². The third-order valence-corrected chi connectivity index (χ3v) is 6.35. The van der Waals surface area contributed by atoms with E-state index < -0.39 is 17.9 Å². The Morgan fingerprint density at radius 3 is 2.76 bits per heavy atom. The second-order valence-electron chi connectivity index (χ2n) is 8.23. The summed E-state index contributed by atoms with van der Waals surface area (Å²) in [6.07, 6.45) is 2.57. The van der Waals surface area contributed by atoms with E-state index in [0.29, 0.717) is 31.7 Å². The minimum Gasteiger partial charge on any atom is -0.497 e. The monoisotopic (exact) mass is 404 g/mol. The molecule has 4 rings (SSSR count). The van der Waals surface area contributed by atoms with Gasteiger partial charge in [-0.3, -0.25) is 14.7 Å². The van der Waals surface area contributed by atoms with Crippen LogP contribution in [0.4, 0.5) is 8.78 Å². The Morgan fingerprint density at radius 2 is 2.07 bits per heavy atom. The zero-order valence-electron chi connectivity index (χ0n) is 16.9. The molecule has 5 atom stereocenters. The molecule has 2 fully saturated rings. The lowest BCUT2D eigenvalue weighted by Crippen LogP contribution is -2.42.